The third-order valence-electron chi connectivity index (χ3n) is 6.06. The Labute approximate surface area is 137 Å². The predicted molar refractivity (Wildman–Crippen MR) is 88.2 cm³/mol. The van der Waals surface area contributed by atoms with Gasteiger partial charge in [-0.25, -0.2) is 0 Å². The van der Waals surface area contributed by atoms with Crippen LogP contribution in [0.1, 0.15) is 51.0 Å². The lowest BCUT2D eigenvalue weighted by Crippen LogP contribution is -2.58. The molecule has 4 nitrogen and oxygen atoms in total. The van der Waals surface area contributed by atoms with E-state index in [4.69, 9.17) is 4.74 Å². The number of ether oxygens (including phenoxy) is 1. The quantitative estimate of drug-likeness (QED) is 0.730. The van der Waals surface area contributed by atoms with Crippen LogP contribution in [0.5, 0.6) is 11.5 Å². The fourth-order valence-electron chi connectivity index (χ4n) is 5.57. The number of hydrogen-bond donors (Lipinski definition) is 3. The smallest absolute Gasteiger partial charge is 0.194 e. The van der Waals surface area contributed by atoms with Crippen molar-refractivity contribution in [3.8, 4) is 11.5 Å². The lowest BCUT2D eigenvalue weighted by molar-refractivity contribution is -0.0206. The summed E-state index contributed by atoms with van der Waals surface area (Å²) in [5.74, 6) is 3.49. The zero-order valence-corrected chi connectivity index (χ0v) is 13.8. The number of hydrogen-bond acceptors (Lipinski definition) is 4. The van der Waals surface area contributed by atoms with Crippen LogP contribution in [-0.4, -0.2) is 22.0 Å². The van der Waals surface area contributed by atoms with E-state index in [0.717, 1.165) is 23.3 Å². The first-order valence-corrected chi connectivity index (χ1v) is 8.93. The van der Waals surface area contributed by atoms with Gasteiger partial charge in [-0.3, -0.25) is 0 Å². The zero-order chi connectivity index (χ0) is 16.0. The number of aliphatic hydroxyl groups excluding tert-OH is 1. The molecule has 1 aromatic carbocycles. The molecule has 5 rings (SSSR count). The second kappa shape index (κ2) is 5.67. The van der Waals surface area contributed by atoms with Crippen LogP contribution < -0.4 is 10.1 Å². The summed E-state index contributed by atoms with van der Waals surface area (Å²) in [4.78, 5) is 0. The highest BCUT2D eigenvalue weighted by Crippen LogP contribution is 2.55. The summed E-state index contributed by atoms with van der Waals surface area (Å²) < 4.78 is 5.20. The van der Waals surface area contributed by atoms with Gasteiger partial charge in [0, 0.05) is 23.7 Å². The second-order valence-corrected chi connectivity index (χ2v) is 8.06. The first kappa shape index (κ1) is 15.3. The van der Waals surface area contributed by atoms with Crippen molar-refractivity contribution in [3.05, 3.63) is 23.8 Å². The van der Waals surface area contributed by atoms with E-state index >= 15 is 0 Å². The minimum absolute atomic E-state index is 0.236. The Balaban J connectivity index is 1.43. The van der Waals surface area contributed by atoms with Gasteiger partial charge >= 0.3 is 0 Å². The van der Waals surface area contributed by atoms with E-state index < -0.39 is 6.29 Å². The van der Waals surface area contributed by atoms with E-state index in [0.29, 0.717) is 17.8 Å². The highest BCUT2D eigenvalue weighted by Gasteiger charge is 2.50. The highest BCUT2D eigenvalue weighted by molar-refractivity contribution is 5.39. The lowest BCUT2D eigenvalue weighted by Gasteiger charge is -2.57. The van der Waals surface area contributed by atoms with Crippen molar-refractivity contribution in [1.29, 1.82) is 0 Å². The van der Waals surface area contributed by atoms with Gasteiger partial charge in [-0.15, -0.1) is 0 Å². The van der Waals surface area contributed by atoms with Crippen LogP contribution in [0.4, 0.5) is 0 Å². The molecule has 1 aromatic rings. The number of benzene rings is 1. The summed E-state index contributed by atoms with van der Waals surface area (Å²) >= 11 is 0. The topological polar surface area (TPSA) is 61.7 Å². The van der Waals surface area contributed by atoms with E-state index in [1.807, 2.05) is 12.1 Å². The molecule has 0 amide bonds. The van der Waals surface area contributed by atoms with Crippen molar-refractivity contribution in [2.45, 2.75) is 63.8 Å². The maximum Gasteiger partial charge on any atom is 0.194 e. The van der Waals surface area contributed by atoms with Crippen molar-refractivity contribution < 1.29 is 14.9 Å². The van der Waals surface area contributed by atoms with Crippen LogP contribution in [0.25, 0.3) is 0 Å². The van der Waals surface area contributed by atoms with E-state index in [9.17, 15) is 10.2 Å². The van der Waals surface area contributed by atoms with Crippen LogP contribution in [0, 0.1) is 17.8 Å². The number of rotatable bonds is 5. The van der Waals surface area contributed by atoms with E-state index in [2.05, 4.69) is 5.32 Å². The first-order valence-electron chi connectivity index (χ1n) is 8.93. The lowest BCUT2D eigenvalue weighted by atomic mass is 9.53. The predicted octanol–water partition coefficient (Wildman–Crippen LogP) is 3.17. The average Bonchev–Trinajstić information content (AvgIpc) is 2.44. The second-order valence-electron chi connectivity index (χ2n) is 8.06. The molecule has 0 radical (unpaired) electrons. The van der Waals surface area contributed by atoms with Crippen molar-refractivity contribution in [1.82, 2.24) is 5.32 Å². The van der Waals surface area contributed by atoms with Crippen molar-refractivity contribution in [2.24, 2.45) is 17.8 Å². The summed E-state index contributed by atoms with van der Waals surface area (Å²) in [6.07, 6.45) is 7.38. The van der Waals surface area contributed by atoms with Crippen LogP contribution in [0.2, 0.25) is 0 Å². The monoisotopic (exact) mass is 317 g/mol. The Morgan fingerprint density at radius 2 is 1.78 bits per heavy atom. The van der Waals surface area contributed by atoms with Gasteiger partial charge in [0.25, 0.3) is 0 Å². The fourth-order valence-corrected chi connectivity index (χ4v) is 5.57. The molecular formula is C19H27NO3. The number of phenolic OH excluding ortho intramolecular Hbond substituents is 1. The third kappa shape index (κ3) is 3.07. The fraction of sp³-hybridized carbons (Fsp3) is 0.684. The van der Waals surface area contributed by atoms with Crippen LogP contribution >= 0.6 is 0 Å². The molecule has 0 saturated heterocycles. The molecule has 0 heterocycles. The molecule has 4 aliphatic carbocycles. The van der Waals surface area contributed by atoms with E-state index in [1.54, 1.807) is 13.0 Å². The first-order chi connectivity index (χ1) is 11.0. The van der Waals surface area contributed by atoms with Gasteiger partial charge in [-0.2, -0.15) is 0 Å². The summed E-state index contributed by atoms with van der Waals surface area (Å²) in [6, 6.07) is 5.28. The van der Waals surface area contributed by atoms with Gasteiger partial charge in [0.1, 0.15) is 11.5 Å². The molecule has 126 valence electrons. The summed E-state index contributed by atoms with van der Waals surface area (Å²) in [7, 11) is 0. The molecule has 1 atom stereocenters. The Morgan fingerprint density at radius 1 is 1.17 bits per heavy atom. The molecule has 4 bridgehead atoms. The Hall–Kier alpha value is -1.26. The Kier molecular flexibility index (Phi) is 3.77. The van der Waals surface area contributed by atoms with Crippen molar-refractivity contribution >= 4 is 0 Å². The molecule has 4 saturated carbocycles. The van der Waals surface area contributed by atoms with Gasteiger partial charge in [0.2, 0.25) is 0 Å². The van der Waals surface area contributed by atoms with Gasteiger partial charge in [-0.05, 0) is 69.3 Å². The number of aliphatic hydroxyl groups is 1. The molecule has 0 aromatic heterocycles. The Morgan fingerprint density at radius 3 is 2.30 bits per heavy atom. The van der Waals surface area contributed by atoms with Crippen LogP contribution in [0.3, 0.4) is 0 Å². The molecular weight excluding hydrogens is 290 g/mol. The normalized spacial score (nSPS) is 36.2. The van der Waals surface area contributed by atoms with Crippen molar-refractivity contribution in [2.75, 3.05) is 0 Å². The molecule has 1 unspecified atom stereocenters. The molecule has 0 spiro atoms. The SMILES string of the molecule is CC(O)Oc1ccc(CNC23CC4CC(CC(C4)C2)C3)c(O)c1. The number of phenols is 1. The third-order valence-corrected chi connectivity index (χ3v) is 6.06. The van der Waals surface area contributed by atoms with Crippen LogP contribution in [0.15, 0.2) is 18.2 Å². The molecule has 23 heavy (non-hydrogen) atoms. The van der Waals surface area contributed by atoms with E-state index in [1.165, 1.54) is 38.5 Å². The summed E-state index contributed by atoms with van der Waals surface area (Å²) in [6.45, 7) is 2.26. The van der Waals surface area contributed by atoms with Gasteiger partial charge in [0.15, 0.2) is 6.29 Å². The van der Waals surface area contributed by atoms with Gasteiger partial charge in [-0.1, -0.05) is 6.07 Å². The van der Waals surface area contributed by atoms with E-state index in [-0.39, 0.29) is 5.75 Å². The van der Waals surface area contributed by atoms with Gasteiger partial charge in [0.05, 0.1) is 0 Å². The molecule has 0 aliphatic heterocycles. The molecule has 4 heteroatoms. The number of aromatic hydroxyl groups is 1. The Bertz CT molecular complexity index is 549. The van der Waals surface area contributed by atoms with Crippen LogP contribution in [-0.2, 0) is 6.54 Å². The maximum absolute atomic E-state index is 10.2. The summed E-state index contributed by atoms with van der Waals surface area (Å²) in [5.41, 5.74) is 1.20. The molecule has 4 fully saturated rings. The molecule has 4 aliphatic rings. The standard InChI is InChI=1S/C19H27NO3/c1-12(21)23-17-3-2-16(18(22)7-17)11-20-19-8-13-4-14(9-19)6-15(5-13)10-19/h2-3,7,12-15,20-22H,4-6,8-11H2,1H3. The minimum atomic E-state index is -0.870. The average molecular weight is 317 g/mol. The van der Waals surface area contributed by atoms with Gasteiger partial charge < -0.3 is 20.3 Å². The van der Waals surface area contributed by atoms with Crippen molar-refractivity contribution in [3.63, 3.8) is 0 Å². The zero-order valence-electron chi connectivity index (χ0n) is 13.8. The largest absolute Gasteiger partial charge is 0.507 e. The maximum atomic E-state index is 10.2. The summed E-state index contributed by atoms with van der Waals surface area (Å²) in [5, 5.41) is 23.3. The highest BCUT2D eigenvalue weighted by atomic mass is 16.6. The minimum Gasteiger partial charge on any atom is -0.507 e. The molecule has 3 N–H and O–H groups in total. The number of nitrogens with one attached hydrogen (secondary N) is 1.